The van der Waals surface area contributed by atoms with Gasteiger partial charge < -0.3 is 14.4 Å². The number of piperidine rings is 1. The van der Waals surface area contributed by atoms with Gasteiger partial charge in [-0.3, -0.25) is 9.48 Å². The molecule has 0 saturated carbocycles. The largest absolute Gasteiger partial charge is 0.482 e. The second-order valence-corrected chi connectivity index (χ2v) is 10.0. The van der Waals surface area contributed by atoms with Gasteiger partial charge in [-0.05, 0) is 48.0 Å². The van der Waals surface area contributed by atoms with Crippen LogP contribution >= 0.6 is 0 Å². The predicted molar refractivity (Wildman–Crippen MR) is 110 cm³/mol. The van der Waals surface area contributed by atoms with Crippen LogP contribution in [0.1, 0.15) is 71.3 Å². The van der Waals surface area contributed by atoms with Crippen LogP contribution in [0, 0.1) is 5.92 Å². The number of nitrogens with zero attached hydrogens (tertiary/aromatic N) is 3. The molecule has 3 heterocycles. The lowest BCUT2D eigenvalue weighted by atomic mass is 9.73. The molecule has 2 aliphatic heterocycles. The molecule has 1 amide bonds. The molecule has 0 aliphatic carbocycles. The summed E-state index contributed by atoms with van der Waals surface area (Å²) in [4.78, 5) is 27.4. The summed E-state index contributed by atoms with van der Waals surface area (Å²) in [6.07, 6.45) is 4.91. The highest BCUT2D eigenvalue weighted by molar-refractivity contribution is 6.00. The van der Waals surface area contributed by atoms with Crippen LogP contribution in [0.5, 0.6) is 5.75 Å². The number of fused-ring (bicyclic) bond motifs is 1. The summed E-state index contributed by atoms with van der Waals surface area (Å²) in [6.45, 7) is 16.5. The van der Waals surface area contributed by atoms with Crippen molar-refractivity contribution in [3.05, 3.63) is 24.5 Å². The Morgan fingerprint density at radius 1 is 1.31 bits per heavy atom. The summed E-state index contributed by atoms with van der Waals surface area (Å²) in [5.74, 6) is 0.187. The van der Waals surface area contributed by atoms with Crippen molar-refractivity contribution in [1.82, 2.24) is 14.7 Å². The molecule has 2 aliphatic rings. The number of carbonyl (C=O) groups excluding carboxylic acids is 2. The van der Waals surface area contributed by atoms with Gasteiger partial charge in [-0.15, -0.1) is 6.58 Å². The maximum Gasteiger partial charge on any atom is 0.410 e. The summed E-state index contributed by atoms with van der Waals surface area (Å²) in [6, 6.07) is 0. The molecular formula is C22H33N3O4. The zero-order valence-electron chi connectivity index (χ0n) is 18.4. The minimum absolute atomic E-state index is 0.000122. The molecule has 1 aromatic heterocycles. The van der Waals surface area contributed by atoms with Crippen molar-refractivity contribution < 1.29 is 19.1 Å². The maximum atomic E-state index is 13.3. The summed E-state index contributed by atoms with van der Waals surface area (Å²) in [7, 11) is 0. The van der Waals surface area contributed by atoms with Crippen molar-refractivity contribution in [2.24, 2.45) is 5.92 Å². The Morgan fingerprint density at radius 3 is 2.45 bits per heavy atom. The molecule has 1 fully saturated rings. The average molecular weight is 404 g/mol. The Bertz CT molecular complexity index is 805. The first-order valence-corrected chi connectivity index (χ1v) is 10.3. The Hall–Kier alpha value is -2.31. The highest BCUT2D eigenvalue weighted by atomic mass is 16.6. The van der Waals surface area contributed by atoms with Crippen molar-refractivity contribution >= 4 is 11.9 Å². The summed E-state index contributed by atoms with van der Waals surface area (Å²) < 4.78 is 13.8. The molecule has 1 spiro atoms. The standard InChI is InChI=1S/C22H33N3O4/c1-8-9-15-18(26)17-16(14-25(23-17)20(2,3)4)28-22(15)10-12-24(13-11-22)19(27)29-21(5,6)7/h8,14-15H,1,9-13H2,2-7H3. The lowest BCUT2D eigenvalue weighted by Crippen LogP contribution is -2.57. The normalized spacial score (nSPS) is 21.5. The first-order chi connectivity index (χ1) is 13.4. The number of allylic oxidation sites excluding steroid dienone is 1. The Balaban J connectivity index is 1.85. The van der Waals surface area contributed by atoms with Crippen LogP contribution in [-0.4, -0.2) is 50.8 Å². The lowest BCUT2D eigenvalue weighted by Gasteiger charge is -2.47. The van der Waals surface area contributed by atoms with Crippen molar-refractivity contribution in [2.45, 2.75) is 77.5 Å². The van der Waals surface area contributed by atoms with Gasteiger partial charge in [0.25, 0.3) is 0 Å². The van der Waals surface area contributed by atoms with E-state index in [1.54, 1.807) is 15.7 Å². The number of hydrogen-bond acceptors (Lipinski definition) is 5. The fourth-order valence-corrected chi connectivity index (χ4v) is 3.97. The van der Waals surface area contributed by atoms with Gasteiger partial charge in [0, 0.05) is 25.9 Å². The van der Waals surface area contributed by atoms with Gasteiger partial charge in [-0.2, -0.15) is 5.10 Å². The molecule has 0 N–H and O–H groups in total. The molecule has 1 saturated heterocycles. The van der Waals surface area contributed by atoms with Gasteiger partial charge >= 0.3 is 6.09 Å². The monoisotopic (exact) mass is 403 g/mol. The number of ketones is 1. The number of hydrogen-bond donors (Lipinski definition) is 0. The van der Waals surface area contributed by atoms with Crippen molar-refractivity contribution in [1.29, 1.82) is 0 Å². The average Bonchev–Trinajstić information content (AvgIpc) is 3.02. The molecule has 29 heavy (non-hydrogen) atoms. The van der Waals surface area contributed by atoms with Crippen LogP contribution in [0.15, 0.2) is 18.9 Å². The third kappa shape index (κ3) is 4.19. The molecule has 1 aromatic rings. The summed E-state index contributed by atoms with van der Waals surface area (Å²) in [5, 5.41) is 4.52. The number of ether oxygens (including phenoxy) is 2. The Morgan fingerprint density at radius 2 is 1.93 bits per heavy atom. The molecule has 7 nitrogen and oxygen atoms in total. The zero-order chi connectivity index (χ0) is 21.6. The fourth-order valence-electron chi connectivity index (χ4n) is 3.97. The molecule has 7 heteroatoms. The van der Waals surface area contributed by atoms with Crippen molar-refractivity contribution in [3.63, 3.8) is 0 Å². The maximum absolute atomic E-state index is 13.3. The van der Waals surface area contributed by atoms with E-state index in [-0.39, 0.29) is 23.3 Å². The Kier molecular flexibility index (Phi) is 5.30. The van der Waals surface area contributed by atoms with Crippen LogP contribution in [0.3, 0.4) is 0 Å². The number of Topliss-reactive ketones (excluding diaryl/α,β-unsaturated/α-hetero) is 1. The number of carbonyl (C=O) groups is 2. The molecule has 3 rings (SSSR count). The van der Waals surface area contributed by atoms with E-state index in [1.807, 2.05) is 47.7 Å². The number of amides is 1. The minimum atomic E-state index is -0.650. The molecular weight excluding hydrogens is 370 g/mol. The van der Waals surface area contributed by atoms with Crippen LogP contribution in [0.25, 0.3) is 0 Å². The van der Waals surface area contributed by atoms with Gasteiger partial charge in [0.1, 0.15) is 11.2 Å². The van der Waals surface area contributed by atoms with E-state index in [4.69, 9.17) is 9.47 Å². The second-order valence-electron chi connectivity index (χ2n) is 10.0. The first-order valence-electron chi connectivity index (χ1n) is 10.3. The smallest absolute Gasteiger partial charge is 0.410 e. The summed E-state index contributed by atoms with van der Waals surface area (Å²) >= 11 is 0. The zero-order valence-corrected chi connectivity index (χ0v) is 18.4. The first kappa shape index (κ1) is 21.4. The molecule has 1 atom stereocenters. The number of aromatic nitrogens is 2. The Labute approximate surface area is 173 Å². The van der Waals surface area contributed by atoms with Gasteiger partial charge in [-0.25, -0.2) is 4.79 Å². The van der Waals surface area contributed by atoms with Gasteiger partial charge in [0.05, 0.1) is 17.7 Å². The molecule has 160 valence electrons. The van der Waals surface area contributed by atoms with E-state index >= 15 is 0 Å². The minimum Gasteiger partial charge on any atom is -0.482 e. The van der Waals surface area contributed by atoms with Crippen LogP contribution < -0.4 is 4.74 Å². The van der Waals surface area contributed by atoms with E-state index < -0.39 is 11.2 Å². The van der Waals surface area contributed by atoms with Gasteiger partial charge in [-0.1, -0.05) is 6.08 Å². The fraction of sp³-hybridized carbons (Fsp3) is 0.682. The topological polar surface area (TPSA) is 73.7 Å². The van der Waals surface area contributed by atoms with E-state index in [9.17, 15) is 9.59 Å². The predicted octanol–water partition coefficient (Wildman–Crippen LogP) is 4.18. The van der Waals surface area contributed by atoms with E-state index in [2.05, 4.69) is 11.7 Å². The summed E-state index contributed by atoms with van der Waals surface area (Å²) in [5.41, 5.74) is -1.04. The molecule has 0 radical (unpaired) electrons. The van der Waals surface area contributed by atoms with Gasteiger partial charge in [0.2, 0.25) is 0 Å². The van der Waals surface area contributed by atoms with Crippen LogP contribution in [-0.2, 0) is 10.3 Å². The quantitative estimate of drug-likeness (QED) is 0.693. The van der Waals surface area contributed by atoms with Gasteiger partial charge in [0.15, 0.2) is 17.2 Å². The van der Waals surface area contributed by atoms with E-state index in [1.165, 1.54) is 0 Å². The highest BCUT2D eigenvalue weighted by Crippen LogP contribution is 2.44. The van der Waals surface area contributed by atoms with Crippen molar-refractivity contribution in [3.8, 4) is 5.75 Å². The second kappa shape index (κ2) is 7.18. The van der Waals surface area contributed by atoms with Crippen LogP contribution in [0.4, 0.5) is 4.79 Å². The number of rotatable bonds is 2. The van der Waals surface area contributed by atoms with Crippen molar-refractivity contribution in [2.75, 3.05) is 13.1 Å². The third-order valence-corrected chi connectivity index (χ3v) is 5.53. The van der Waals surface area contributed by atoms with Crippen LogP contribution in [0.2, 0.25) is 0 Å². The highest BCUT2D eigenvalue weighted by Gasteiger charge is 2.52. The van der Waals surface area contributed by atoms with E-state index in [0.29, 0.717) is 43.8 Å². The molecule has 0 bridgehead atoms. The third-order valence-electron chi connectivity index (χ3n) is 5.53. The number of likely N-dealkylation sites (tertiary alicyclic amines) is 1. The SMILES string of the molecule is C=CCC1C(=O)c2nn(C(C)(C)C)cc2OC12CCN(C(=O)OC(C)(C)C)CC2. The van der Waals surface area contributed by atoms with E-state index in [0.717, 1.165) is 0 Å². The molecule has 0 aromatic carbocycles. The lowest BCUT2D eigenvalue weighted by molar-refractivity contribution is -0.0481. The molecule has 1 unspecified atom stereocenters.